The number of hydrogen-bond acceptors (Lipinski definition) is 4. The first kappa shape index (κ1) is 14.6. The van der Waals surface area contributed by atoms with Crippen molar-refractivity contribution in [2.24, 2.45) is 5.73 Å². The molecular formula is C12H16ClNO4. The number of rotatable bonds is 6. The van der Waals surface area contributed by atoms with E-state index in [1.807, 2.05) is 0 Å². The van der Waals surface area contributed by atoms with E-state index in [1.165, 1.54) is 7.11 Å². The Labute approximate surface area is 110 Å². The first-order valence-corrected chi connectivity index (χ1v) is 5.87. The summed E-state index contributed by atoms with van der Waals surface area (Å²) in [7, 11) is 1.46. The minimum Gasteiger partial charge on any atom is -0.493 e. The predicted octanol–water partition coefficient (Wildman–Crippen LogP) is 2.05. The van der Waals surface area contributed by atoms with Crippen LogP contribution in [0, 0.1) is 0 Å². The number of carboxylic acid groups (broad SMARTS) is 1. The van der Waals surface area contributed by atoms with Crippen LogP contribution in [0.15, 0.2) is 12.1 Å². The van der Waals surface area contributed by atoms with Gasteiger partial charge in [-0.25, -0.2) is 4.79 Å². The minimum atomic E-state index is -1.04. The Morgan fingerprint density at radius 1 is 1.56 bits per heavy atom. The van der Waals surface area contributed by atoms with E-state index in [2.05, 4.69) is 0 Å². The monoisotopic (exact) mass is 273 g/mol. The molecule has 0 aromatic heterocycles. The van der Waals surface area contributed by atoms with Crippen molar-refractivity contribution < 1.29 is 19.4 Å². The fourth-order valence-electron chi connectivity index (χ4n) is 1.46. The van der Waals surface area contributed by atoms with Gasteiger partial charge in [0, 0.05) is 6.54 Å². The summed E-state index contributed by atoms with van der Waals surface area (Å²) in [5, 5.41) is 9.25. The second-order valence-electron chi connectivity index (χ2n) is 3.67. The molecule has 1 rings (SSSR count). The van der Waals surface area contributed by atoms with Crippen LogP contribution in [0.3, 0.4) is 0 Å². The molecule has 0 fully saturated rings. The highest BCUT2D eigenvalue weighted by atomic mass is 35.5. The van der Waals surface area contributed by atoms with E-state index in [0.29, 0.717) is 18.7 Å². The van der Waals surface area contributed by atoms with Gasteiger partial charge in [0.05, 0.1) is 12.1 Å². The number of benzene rings is 1. The summed E-state index contributed by atoms with van der Waals surface area (Å²) in [6.07, 6.45) is -0.631. The molecule has 0 amide bonds. The zero-order chi connectivity index (χ0) is 13.7. The van der Waals surface area contributed by atoms with Gasteiger partial charge in [0.2, 0.25) is 0 Å². The first-order chi connectivity index (χ1) is 8.53. The Morgan fingerprint density at radius 2 is 2.22 bits per heavy atom. The van der Waals surface area contributed by atoms with Gasteiger partial charge in [-0.1, -0.05) is 18.5 Å². The highest BCUT2D eigenvalue weighted by molar-refractivity contribution is 6.32. The van der Waals surface area contributed by atoms with E-state index in [1.54, 1.807) is 19.1 Å². The summed E-state index contributed by atoms with van der Waals surface area (Å²) in [4.78, 5) is 10.9. The van der Waals surface area contributed by atoms with Crippen molar-refractivity contribution >= 4 is 17.6 Å². The van der Waals surface area contributed by atoms with Crippen molar-refractivity contribution in [3.05, 3.63) is 22.7 Å². The molecule has 0 spiro atoms. The van der Waals surface area contributed by atoms with Crippen molar-refractivity contribution in [2.75, 3.05) is 7.11 Å². The summed E-state index contributed by atoms with van der Waals surface area (Å²) in [6, 6.07) is 3.31. The number of aliphatic carboxylic acids is 1. The van der Waals surface area contributed by atoms with E-state index < -0.39 is 12.1 Å². The lowest BCUT2D eigenvalue weighted by Crippen LogP contribution is -2.26. The molecule has 0 radical (unpaired) electrons. The molecular weight excluding hydrogens is 258 g/mol. The number of ether oxygens (including phenoxy) is 2. The maximum atomic E-state index is 10.9. The number of methoxy groups -OCH3 is 1. The maximum absolute atomic E-state index is 10.9. The summed E-state index contributed by atoms with van der Waals surface area (Å²) in [5.74, 6) is -0.438. The molecule has 0 saturated heterocycles. The molecule has 1 aromatic carbocycles. The van der Waals surface area contributed by atoms with Crippen LogP contribution in [0.5, 0.6) is 11.5 Å². The van der Waals surface area contributed by atoms with E-state index in [0.717, 1.165) is 5.56 Å². The van der Waals surface area contributed by atoms with Crippen LogP contribution in [0.1, 0.15) is 18.9 Å². The standard InChI is InChI=1S/C12H16ClNO4/c1-3-9(12(15)16)18-11-8(13)4-7(6-14)5-10(11)17-2/h4-5,9H,3,6,14H2,1-2H3,(H,15,16). The van der Waals surface area contributed by atoms with Crippen molar-refractivity contribution in [1.29, 1.82) is 0 Å². The molecule has 0 bridgehead atoms. The molecule has 1 aromatic rings. The minimum absolute atomic E-state index is 0.227. The van der Waals surface area contributed by atoms with Gasteiger partial charge in [-0.3, -0.25) is 0 Å². The highest BCUT2D eigenvalue weighted by Crippen LogP contribution is 2.37. The quantitative estimate of drug-likeness (QED) is 0.829. The largest absolute Gasteiger partial charge is 0.493 e. The van der Waals surface area contributed by atoms with E-state index in [4.69, 9.17) is 31.9 Å². The first-order valence-electron chi connectivity index (χ1n) is 5.49. The summed E-state index contributed by atoms with van der Waals surface area (Å²) >= 11 is 6.04. The van der Waals surface area contributed by atoms with Crippen LogP contribution >= 0.6 is 11.6 Å². The smallest absolute Gasteiger partial charge is 0.344 e. The number of hydrogen-bond donors (Lipinski definition) is 2. The Balaban J connectivity index is 3.11. The molecule has 0 heterocycles. The lowest BCUT2D eigenvalue weighted by atomic mass is 10.2. The zero-order valence-electron chi connectivity index (χ0n) is 10.3. The SMILES string of the molecule is CCC(Oc1c(Cl)cc(CN)cc1OC)C(=O)O. The fourth-order valence-corrected chi connectivity index (χ4v) is 1.73. The third-order valence-electron chi connectivity index (χ3n) is 2.43. The molecule has 18 heavy (non-hydrogen) atoms. The van der Waals surface area contributed by atoms with E-state index in [9.17, 15) is 4.79 Å². The second-order valence-corrected chi connectivity index (χ2v) is 4.07. The van der Waals surface area contributed by atoms with E-state index in [-0.39, 0.29) is 10.8 Å². The molecule has 0 aliphatic carbocycles. The van der Waals surface area contributed by atoms with Crippen molar-refractivity contribution in [2.45, 2.75) is 26.0 Å². The average Bonchev–Trinajstić information content (AvgIpc) is 2.35. The van der Waals surface area contributed by atoms with Gasteiger partial charge in [0.15, 0.2) is 17.6 Å². The molecule has 5 nitrogen and oxygen atoms in total. The molecule has 0 saturated carbocycles. The van der Waals surface area contributed by atoms with Crippen LogP contribution in [0.4, 0.5) is 0 Å². The number of nitrogens with two attached hydrogens (primary N) is 1. The fraction of sp³-hybridized carbons (Fsp3) is 0.417. The lowest BCUT2D eigenvalue weighted by molar-refractivity contribution is -0.145. The van der Waals surface area contributed by atoms with Gasteiger partial charge < -0.3 is 20.3 Å². The Bertz CT molecular complexity index is 436. The topological polar surface area (TPSA) is 81.8 Å². The van der Waals surface area contributed by atoms with Crippen LogP contribution in [-0.2, 0) is 11.3 Å². The van der Waals surface area contributed by atoms with Crippen LogP contribution in [-0.4, -0.2) is 24.3 Å². The van der Waals surface area contributed by atoms with Gasteiger partial charge in [0.1, 0.15) is 0 Å². The Hall–Kier alpha value is -1.46. The Kier molecular flexibility index (Phi) is 5.25. The van der Waals surface area contributed by atoms with Gasteiger partial charge in [0.25, 0.3) is 0 Å². The maximum Gasteiger partial charge on any atom is 0.344 e. The predicted molar refractivity (Wildman–Crippen MR) is 68.2 cm³/mol. The van der Waals surface area contributed by atoms with Crippen LogP contribution < -0.4 is 15.2 Å². The number of carbonyl (C=O) groups is 1. The summed E-state index contributed by atoms with van der Waals surface area (Å²) in [5.41, 5.74) is 6.30. The van der Waals surface area contributed by atoms with Crippen molar-refractivity contribution in [1.82, 2.24) is 0 Å². The molecule has 0 aliphatic heterocycles. The molecule has 100 valence electrons. The number of halogens is 1. The molecule has 6 heteroatoms. The van der Waals surface area contributed by atoms with Gasteiger partial charge in [-0.15, -0.1) is 0 Å². The van der Waals surface area contributed by atoms with Crippen LogP contribution in [0.25, 0.3) is 0 Å². The van der Waals surface area contributed by atoms with Crippen molar-refractivity contribution in [3.8, 4) is 11.5 Å². The summed E-state index contributed by atoms with van der Waals surface area (Å²) in [6.45, 7) is 2.03. The van der Waals surface area contributed by atoms with Crippen molar-refractivity contribution in [3.63, 3.8) is 0 Å². The number of carboxylic acids is 1. The average molecular weight is 274 g/mol. The van der Waals surface area contributed by atoms with E-state index >= 15 is 0 Å². The zero-order valence-corrected chi connectivity index (χ0v) is 11.0. The second kappa shape index (κ2) is 6.47. The van der Waals surface area contributed by atoms with Gasteiger partial charge in [-0.05, 0) is 24.1 Å². The van der Waals surface area contributed by atoms with Gasteiger partial charge in [-0.2, -0.15) is 0 Å². The third-order valence-corrected chi connectivity index (χ3v) is 2.71. The Morgan fingerprint density at radius 3 is 2.67 bits per heavy atom. The van der Waals surface area contributed by atoms with Gasteiger partial charge >= 0.3 is 5.97 Å². The molecule has 1 atom stereocenters. The highest BCUT2D eigenvalue weighted by Gasteiger charge is 2.21. The lowest BCUT2D eigenvalue weighted by Gasteiger charge is -2.17. The summed E-state index contributed by atoms with van der Waals surface area (Å²) < 4.78 is 10.5. The normalized spacial score (nSPS) is 12.0. The molecule has 3 N–H and O–H groups in total. The van der Waals surface area contributed by atoms with Crippen LogP contribution in [0.2, 0.25) is 5.02 Å². The third kappa shape index (κ3) is 3.27. The molecule has 1 unspecified atom stereocenters. The molecule has 0 aliphatic rings.